The number of aromatic nitrogens is 1. The molecule has 108 valence electrons. The Hall–Kier alpha value is -1.92. The van der Waals surface area contributed by atoms with Gasteiger partial charge in [-0.25, -0.2) is 4.98 Å². The predicted octanol–water partition coefficient (Wildman–Crippen LogP) is 1.06. The Morgan fingerprint density at radius 2 is 2.20 bits per heavy atom. The molecule has 0 saturated heterocycles. The van der Waals surface area contributed by atoms with Crippen LogP contribution in [-0.2, 0) is 4.79 Å². The highest BCUT2D eigenvalue weighted by atomic mass is 16.3. The molecule has 0 aliphatic rings. The molecule has 1 heterocycles. The number of carbonyl (C=O) groups excluding carboxylic acids is 1. The zero-order valence-corrected chi connectivity index (χ0v) is 11.5. The zero-order chi connectivity index (χ0) is 14.7. The van der Waals surface area contributed by atoms with Crippen LogP contribution in [-0.4, -0.2) is 33.8 Å². The fraction of sp³-hybridized carbons (Fsp3) is 0.429. The lowest BCUT2D eigenvalue weighted by atomic mass is 10.0. The first-order valence-electron chi connectivity index (χ1n) is 6.45. The van der Waals surface area contributed by atoms with Gasteiger partial charge in [0.25, 0.3) is 0 Å². The molecule has 6 heteroatoms. The highest BCUT2D eigenvalue weighted by Crippen LogP contribution is 2.24. The van der Waals surface area contributed by atoms with E-state index in [-0.39, 0.29) is 12.3 Å². The van der Waals surface area contributed by atoms with Crippen molar-refractivity contribution >= 4 is 17.0 Å². The Balaban J connectivity index is 2.05. The van der Waals surface area contributed by atoms with E-state index < -0.39 is 12.2 Å². The van der Waals surface area contributed by atoms with Crippen molar-refractivity contribution in [3.8, 4) is 0 Å². The van der Waals surface area contributed by atoms with Gasteiger partial charge in [0.1, 0.15) is 11.6 Å². The van der Waals surface area contributed by atoms with Crippen molar-refractivity contribution in [2.24, 2.45) is 0 Å². The molecule has 0 spiro atoms. The molecule has 0 fully saturated rings. The van der Waals surface area contributed by atoms with Crippen LogP contribution in [0.3, 0.4) is 0 Å². The summed E-state index contributed by atoms with van der Waals surface area (Å²) in [7, 11) is 0. The van der Waals surface area contributed by atoms with Crippen molar-refractivity contribution in [2.45, 2.75) is 32.5 Å². The monoisotopic (exact) mass is 278 g/mol. The summed E-state index contributed by atoms with van der Waals surface area (Å²) in [5, 5.41) is 22.6. The van der Waals surface area contributed by atoms with E-state index in [0.29, 0.717) is 29.1 Å². The van der Waals surface area contributed by atoms with Crippen LogP contribution in [0.5, 0.6) is 0 Å². The third kappa shape index (κ3) is 3.34. The molecule has 0 bridgehead atoms. The lowest BCUT2D eigenvalue weighted by Crippen LogP contribution is -2.27. The summed E-state index contributed by atoms with van der Waals surface area (Å²) in [6.45, 7) is 3.47. The lowest BCUT2D eigenvalue weighted by Gasteiger charge is -2.18. The Morgan fingerprint density at radius 1 is 1.45 bits per heavy atom. The van der Waals surface area contributed by atoms with Crippen LogP contribution in [0.25, 0.3) is 11.1 Å². The number of aliphatic hydroxyl groups is 2. The highest BCUT2D eigenvalue weighted by molar-refractivity contribution is 5.73. The summed E-state index contributed by atoms with van der Waals surface area (Å²) >= 11 is 0. The molecule has 6 nitrogen and oxygen atoms in total. The Bertz CT molecular complexity index is 608. The van der Waals surface area contributed by atoms with Gasteiger partial charge in [-0.05, 0) is 24.1 Å². The second kappa shape index (κ2) is 6.02. The van der Waals surface area contributed by atoms with Gasteiger partial charge in [-0.3, -0.25) is 4.79 Å². The standard InChI is InChI=1S/C14H18N2O4/c1-8(17)15-6-5-12(18)14(19)10-3-4-11-13(7-10)20-9(2)16-11/h3-4,7,12,14,18-19H,5-6H2,1-2H3,(H,15,17). The summed E-state index contributed by atoms with van der Waals surface area (Å²) in [6.07, 6.45) is -1.71. The average molecular weight is 278 g/mol. The van der Waals surface area contributed by atoms with E-state index in [1.54, 1.807) is 25.1 Å². The predicted molar refractivity (Wildman–Crippen MR) is 73.0 cm³/mol. The molecule has 2 atom stereocenters. The maximum atomic E-state index is 10.7. The zero-order valence-electron chi connectivity index (χ0n) is 11.5. The minimum Gasteiger partial charge on any atom is -0.441 e. The number of nitrogens with zero attached hydrogens (tertiary/aromatic N) is 1. The number of amides is 1. The van der Waals surface area contributed by atoms with Gasteiger partial charge in [0, 0.05) is 20.4 Å². The van der Waals surface area contributed by atoms with Crippen molar-refractivity contribution in [1.29, 1.82) is 0 Å². The molecule has 0 aliphatic heterocycles. The maximum Gasteiger partial charge on any atom is 0.216 e. The van der Waals surface area contributed by atoms with Gasteiger partial charge in [-0.1, -0.05) is 6.07 Å². The number of hydrogen-bond acceptors (Lipinski definition) is 5. The maximum absolute atomic E-state index is 10.7. The summed E-state index contributed by atoms with van der Waals surface area (Å²) in [5.74, 6) is 0.392. The lowest BCUT2D eigenvalue weighted by molar-refractivity contribution is -0.119. The van der Waals surface area contributed by atoms with Crippen LogP contribution >= 0.6 is 0 Å². The van der Waals surface area contributed by atoms with Crippen LogP contribution in [0.1, 0.15) is 30.9 Å². The Labute approximate surface area is 116 Å². The third-order valence-corrected chi connectivity index (χ3v) is 3.04. The fourth-order valence-electron chi connectivity index (χ4n) is 2.02. The first-order valence-corrected chi connectivity index (χ1v) is 6.45. The topological polar surface area (TPSA) is 95.6 Å². The molecule has 1 amide bonds. The average Bonchev–Trinajstić information content (AvgIpc) is 2.76. The van der Waals surface area contributed by atoms with Crippen molar-refractivity contribution in [2.75, 3.05) is 6.54 Å². The number of benzene rings is 1. The third-order valence-electron chi connectivity index (χ3n) is 3.04. The van der Waals surface area contributed by atoms with Gasteiger partial charge in [-0.15, -0.1) is 0 Å². The molecule has 2 unspecified atom stereocenters. The number of oxazole rings is 1. The number of fused-ring (bicyclic) bond motifs is 1. The van der Waals surface area contributed by atoms with Gasteiger partial charge in [-0.2, -0.15) is 0 Å². The van der Waals surface area contributed by atoms with Crippen molar-refractivity contribution in [1.82, 2.24) is 10.3 Å². The van der Waals surface area contributed by atoms with Crippen LogP contribution in [0.15, 0.2) is 22.6 Å². The molecular formula is C14H18N2O4. The van der Waals surface area contributed by atoms with Gasteiger partial charge in [0.15, 0.2) is 11.5 Å². The molecule has 20 heavy (non-hydrogen) atoms. The second-order valence-electron chi connectivity index (χ2n) is 4.74. The van der Waals surface area contributed by atoms with Crippen molar-refractivity contribution in [3.63, 3.8) is 0 Å². The first kappa shape index (κ1) is 14.5. The Kier molecular flexibility index (Phi) is 4.36. The number of aliphatic hydroxyl groups excluding tert-OH is 2. The smallest absolute Gasteiger partial charge is 0.216 e. The molecule has 2 aromatic rings. The normalized spacial score (nSPS) is 14.2. The molecule has 1 aromatic heterocycles. The van der Waals surface area contributed by atoms with Crippen LogP contribution in [0, 0.1) is 6.92 Å². The van der Waals surface area contributed by atoms with E-state index in [1.165, 1.54) is 6.92 Å². The first-order chi connectivity index (χ1) is 9.47. The summed E-state index contributed by atoms with van der Waals surface area (Å²) in [6, 6.07) is 5.11. The molecule has 1 aromatic carbocycles. The summed E-state index contributed by atoms with van der Waals surface area (Å²) < 4.78 is 5.39. The summed E-state index contributed by atoms with van der Waals surface area (Å²) in [4.78, 5) is 14.9. The van der Waals surface area contributed by atoms with E-state index in [0.717, 1.165) is 0 Å². The van der Waals surface area contributed by atoms with E-state index in [1.807, 2.05) is 0 Å². The molecule has 3 N–H and O–H groups in total. The minimum absolute atomic E-state index is 0.162. The quantitative estimate of drug-likeness (QED) is 0.760. The number of aryl methyl sites for hydroxylation is 1. The second-order valence-corrected chi connectivity index (χ2v) is 4.74. The van der Waals surface area contributed by atoms with Gasteiger partial charge in [0.2, 0.25) is 5.91 Å². The van der Waals surface area contributed by atoms with E-state index >= 15 is 0 Å². The molecule has 2 rings (SSSR count). The molecule has 0 radical (unpaired) electrons. The van der Waals surface area contributed by atoms with E-state index in [2.05, 4.69) is 10.3 Å². The number of nitrogens with one attached hydrogen (secondary N) is 1. The number of hydrogen-bond donors (Lipinski definition) is 3. The largest absolute Gasteiger partial charge is 0.441 e. The van der Waals surface area contributed by atoms with E-state index in [4.69, 9.17) is 4.42 Å². The van der Waals surface area contributed by atoms with E-state index in [9.17, 15) is 15.0 Å². The van der Waals surface area contributed by atoms with Crippen molar-refractivity contribution in [3.05, 3.63) is 29.7 Å². The van der Waals surface area contributed by atoms with Gasteiger partial charge in [0.05, 0.1) is 6.10 Å². The molecular weight excluding hydrogens is 260 g/mol. The van der Waals surface area contributed by atoms with Gasteiger partial charge >= 0.3 is 0 Å². The molecule has 0 aliphatic carbocycles. The van der Waals surface area contributed by atoms with Crippen molar-refractivity contribution < 1.29 is 19.4 Å². The number of rotatable bonds is 5. The van der Waals surface area contributed by atoms with Crippen LogP contribution in [0.4, 0.5) is 0 Å². The van der Waals surface area contributed by atoms with Crippen LogP contribution < -0.4 is 5.32 Å². The Morgan fingerprint density at radius 3 is 2.90 bits per heavy atom. The SMILES string of the molecule is CC(=O)NCCC(O)C(O)c1ccc2nc(C)oc2c1. The molecule has 0 saturated carbocycles. The van der Waals surface area contributed by atoms with Gasteiger partial charge < -0.3 is 19.9 Å². The minimum atomic E-state index is -1.03. The highest BCUT2D eigenvalue weighted by Gasteiger charge is 2.19. The summed E-state index contributed by atoms with van der Waals surface area (Å²) in [5.41, 5.74) is 1.85. The van der Waals surface area contributed by atoms with Crippen LogP contribution in [0.2, 0.25) is 0 Å². The number of carbonyl (C=O) groups is 1. The fourth-order valence-corrected chi connectivity index (χ4v) is 2.02.